The Morgan fingerprint density at radius 2 is 2.07 bits per heavy atom. The Balaban J connectivity index is 1.70. The van der Waals surface area contributed by atoms with E-state index in [1.54, 1.807) is 6.92 Å². The van der Waals surface area contributed by atoms with Gasteiger partial charge in [0.05, 0.1) is 11.7 Å². The molecule has 0 bridgehead atoms. The lowest BCUT2D eigenvalue weighted by molar-refractivity contribution is 0.0291. The van der Waals surface area contributed by atoms with Gasteiger partial charge >= 0.3 is 0 Å². The summed E-state index contributed by atoms with van der Waals surface area (Å²) >= 11 is 0. The number of fused-ring (bicyclic) bond motifs is 6. The van der Waals surface area contributed by atoms with Crippen LogP contribution in [0.5, 0.6) is 5.75 Å². The number of furan rings is 1. The average molecular weight is 365 g/mol. The van der Waals surface area contributed by atoms with Crippen LogP contribution in [0.4, 0.5) is 0 Å². The van der Waals surface area contributed by atoms with E-state index in [1.807, 2.05) is 25.1 Å². The normalized spacial score (nSPS) is 20.1. The zero-order chi connectivity index (χ0) is 18.5. The number of Topliss-reactive ketones (excluding diaryl/α,β-unsaturated/α-hetero) is 1. The Bertz CT molecular complexity index is 1050. The van der Waals surface area contributed by atoms with E-state index in [0.29, 0.717) is 18.1 Å². The molecule has 3 aromatic rings. The van der Waals surface area contributed by atoms with Gasteiger partial charge in [-0.2, -0.15) is 0 Å². The van der Waals surface area contributed by atoms with Crippen molar-refractivity contribution in [1.29, 1.82) is 0 Å². The molecular formula is C22H23NO4. The minimum Gasteiger partial charge on any atom is -0.477 e. The summed E-state index contributed by atoms with van der Waals surface area (Å²) in [4.78, 5) is 14.7. The summed E-state index contributed by atoms with van der Waals surface area (Å²) in [5.41, 5.74) is 2.51. The number of ketones is 1. The first kappa shape index (κ1) is 16.8. The summed E-state index contributed by atoms with van der Waals surface area (Å²) in [6.45, 7) is 6.43. The lowest BCUT2D eigenvalue weighted by atomic mass is 9.95. The first-order valence-corrected chi connectivity index (χ1v) is 9.58. The molecule has 27 heavy (non-hydrogen) atoms. The van der Waals surface area contributed by atoms with E-state index >= 15 is 0 Å². The van der Waals surface area contributed by atoms with Crippen molar-refractivity contribution in [3.63, 3.8) is 0 Å². The summed E-state index contributed by atoms with van der Waals surface area (Å²) in [6, 6.07) is 8.10. The van der Waals surface area contributed by atoms with Crippen molar-refractivity contribution >= 4 is 27.5 Å². The smallest absolute Gasteiger partial charge is 0.163 e. The molecular weight excluding hydrogens is 342 g/mol. The molecule has 0 radical (unpaired) electrons. The molecule has 3 heterocycles. The zero-order valence-electron chi connectivity index (χ0n) is 15.7. The molecule has 140 valence electrons. The van der Waals surface area contributed by atoms with Gasteiger partial charge in [-0.05, 0) is 26.7 Å². The molecule has 1 fully saturated rings. The molecule has 2 aliphatic rings. The first-order valence-electron chi connectivity index (χ1n) is 9.58. The number of carbonyl (C=O) groups excluding carboxylic acids is 1. The Hall–Kier alpha value is -2.37. The monoisotopic (exact) mass is 365 g/mol. The highest BCUT2D eigenvalue weighted by Gasteiger charge is 2.30. The standard InChI is InChI=1S/C22H23NO4/c1-13(24)19-14(2)27-22-17-8-4-3-7-16(17)21-18(20(19)22)11-23(12-26-21)10-15-6-5-9-25-15/h3-4,7-8,15H,5-6,9-12H2,1-2H3/t15-/m0/s1. The number of nitrogens with zero attached hydrogens (tertiary/aromatic N) is 1. The molecule has 2 aliphatic heterocycles. The lowest BCUT2D eigenvalue weighted by Gasteiger charge is -2.31. The maximum atomic E-state index is 12.4. The first-order chi connectivity index (χ1) is 13.1. The van der Waals surface area contributed by atoms with Gasteiger partial charge in [-0.25, -0.2) is 0 Å². The molecule has 0 amide bonds. The van der Waals surface area contributed by atoms with Gasteiger partial charge in [0.15, 0.2) is 5.78 Å². The van der Waals surface area contributed by atoms with E-state index in [-0.39, 0.29) is 11.9 Å². The van der Waals surface area contributed by atoms with E-state index in [0.717, 1.165) is 65.6 Å². The van der Waals surface area contributed by atoms with E-state index in [2.05, 4.69) is 11.0 Å². The van der Waals surface area contributed by atoms with Crippen LogP contribution in [0.15, 0.2) is 28.7 Å². The van der Waals surface area contributed by atoms with Crippen LogP contribution in [-0.2, 0) is 11.3 Å². The molecule has 5 heteroatoms. The molecule has 5 rings (SSSR count). The van der Waals surface area contributed by atoms with Crippen LogP contribution >= 0.6 is 0 Å². The van der Waals surface area contributed by atoms with Crippen LogP contribution in [0, 0.1) is 6.92 Å². The molecule has 2 aromatic carbocycles. The fraction of sp³-hybridized carbons (Fsp3) is 0.409. The second-order valence-corrected chi connectivity index (χ2v) is 7.57. The molecule has 1 aromatic heterocycles. The van der Waals surface area contributed by atoms with Crippen molar-refractivity contribution in [3.8, 4) is 5.75 Å². The van der Waals surface area contributed by atoms with Crippen LogP contribution < -0.4 is 4.74 Å². The fourth-order valence-corrected chi connectivity index (χ4v) is 4.54. The lowest BCUT2D eigenvalue weighted by Crippen LogP contribution is -2.37. The van der Waals surface area contributed by atoms with Crippen LogP contribution in [0.1, 0.15) is 41.4 Å². The zero-order valence-corrected chi connectivity index (χ0v) is 15.7. The van der Waals surface area contributed by atoms with Crippen LogP contribution in [-0.4, -0.2) is 36.7 Å². The van der Waals surface area contributed by atoms with E-state index < -0.39 is 0 Å². The van der Waals surface area contributed by atoms with Crippen LogP contribution in [0.3, 0.4) is 0 Å². The topological polar surface area (TPSA) is 51.9 Å². The molecule has 1 saturated heterocycles. The fourth-order valence-electron chi connectivity index (χ4n) is 4.54. The van der Waals surface area contributed by atoms with Gasteiger partial charge in [-0.3, -0.25) is 9.69 Å². The molecule has 0 N–H and O–H groups in total. The summed E-state index contributed by atoms with van der Waals surface area (Å²) in [6.07, 6.45) is 2.49. The van der Waals surface area contributed by atoms with Gasteiger partial charge in [-0.15, -0.1) is 0 Å². The summed E-state index contributed by atoms with van der Waals surface area (Å²) in [5, 5.41) is 2.95. The highest BCUT2D eigenvalue weighted by atomic mass is 16.5. The van der Waals surface area contributed by atoms with Gasteiger partial charge in [0, 0.05) is 41.4 Å². The Labute approximate surface area is 157 Å². The molecule has 0 spiro atoms. The third-order valence-corrected chi connectivity index (χ3v) is 5.69. The number of ether oxygens (including phenoxy) is 2. The molecule has 0 unspecified atom stereocenters. The Morgan fingerprint density at radius 3 is 2.81 bits per heavy atom. The molecule has 0 saturated carbocycles. The average Bonchev–Trinajstić information content (AvgIpc) is 3.29. The van der Waals surface area contributed by atoms with Crippen LogP contribution in [0.25, 0.3) is 21.7 Å². The number of hydrogen-bond acceptors (Lipinski definition) is 5. The van der Waals surface area contributed by atoms with Gasteiger partial charge in [-0.1, -0.05) is 24.3 Å². The quantitative estimate of drug-likeness (QED) is 0.643. The highest BCUT2D eigenvalue weighted by Crippen LogP contribution is 2.44. The van der Waals surface area contributed by atoms with E-state index in [9.17, 15) is 4.79 Å². The Kier molecular flexibility index (Phi) is 3.95. The number of aryl methyl sites for hydroxylation is 1. The maximum absolute atomic E-state index is 12.4. The van der Waals surface area contributed by atoms with Crippen molar-refractivity contribution in [2.24, 2.45) is 0 Å². The minimum absolute atomic E-state index is 0.0278. The van der Waals surface area contributed by atoms with Gasteiger partial charge in [0.2, 0.25) is 0 Å². The van der Waals surface area contributed by atoms with E-state index in [1.165, 1.54) is 0 Å². The van der Waals surface area contributed by atoms with Crippen molar-refractivity contribution in [1.82, 2.24) is 4.90 Å². The minimum atomic E-state index is 0.0278. The highest BCUT2D eigenvalue weighted by molar-refractivity contribution is 6.17. The largest absolute Gasteiger partial charge is 0.477 e. The van der Waals surface area contributed by atoms with Crippen molar-refractivity contribution in [2.75, 3.05) is 19.9 Å². The molecule has 1 atom stereocenters. The van der Waals surface area contributed by atoms with Crippen LogP contribution in [0.2, 0.25) is 0 Å². The third-order valence-electron chi connectivity index (χ3n) is 5.69. The van der Waals surface area contributed by atoms with Crippen molar-refractivity contribution in [2.45, 2.75) is 39.3 Å². The third kappa shape index (κ3) is 2.65. The van der Waals surface area contributed by atoms with E-state index in [4.69, 9.17) is 13.9 Å². The number of rotatable bonds is 3. The Morgan fingerprint density at radius 1 is 1.26 bits per heavy atom. The summed E-state index contributed by atoms with van der Waals surface area (Å²) in [5.74, 6) is 1.58. The summed E-state index contributed by atoms with van der Waals surface area (Å²) < 4.78 is 18.1. The second-order valence-electron chi connectivity index (χ2n) is 7.57. The van der Waals surface area contributed by atoms with Crippen molar-refractivity contribution < 1.29 is 18.7 Å². The number of carbonyl (C=O) groups is 1. The van der Waals surface area contributed by atoms with Crippen molar-refractivity contribution in [3.05, 3.63) is 41.2 Å². The predicted octanol–water partition coefficient (Wildman–Crippen LogP) is 4.43. The number of hydrogen-bond donors (Lipinski definition) is 0. The SMILES string of the molecule is CC(=O)c1c(C)oc2c1c1c(c3ccccc32)OCN(C[C@@H]2CCCO2)C1. The van der Waals surface area contributed by atoms with Gasteiger partial charge < -0.3 is 13.9 Å². The van der Waals surface area contributed by atoms with Gasteiger partial charge in [0.1, 0.15) is 23.8 Å². The maximum Gasteiger partial charge on any atom is 0.163 e. The number of benzene rings is 2. The predicted molar refractivity (Wildman–Crippen MR) is 103 cm³/mol. The van der Waals surface area contributed by atoms with Gasteiger partial charge in [0.25, 0.3) is 0 Å². The molecule has 0 aliphatic carbocycles. The second kappa shape index (κ2) is 6.36. The summed E-state index contributed by atoms with van der Waals surface area (Å²) in [7, 11) is 0. The molecule has 5 nitrogen and oxygen atoms in total.